The minimum Gasteiger partial charge on any atom is -0.396 e. The number of morpholine rings is 1. The first kappa shape index (κ1) is 17.7. The van der Waals surface area contributed by atoms with Crippen LogP contribution in [0.15, 0.2) is 24.3 Å². The normalized spacial score (nSPS) is 28.5. The summed E-state index contributed by atoms with van der Waals surface area (Å²) in [6.07, 6.45) is 5.15. The lowest BCUT2D eigenvalue weighted by molar-refractivity contribution is -0.00529. The minimum absolute atomic E-state index is 0.283. The van der Waals surface area contributed by atoms with E-state index in [0.717, 1.165) is 32.5 Å². The Morgan fingerprint density at radius 1 is 1.17 bits per heavy atom. The molecule has 1 aromatic carbocycles. The van der Waals surface area contributed by atoms with E-state index in [1.165, 1.54) is 30.6 Å². The third-order valence-corrected chi connectivity index (χ3v) is 5.32. The summed E-state index contributed by atoms with van der Waals surface area (Å²) >= 11 is 0. The van der Waals surface area contributed by atoms with E-state index in [-0.39, 0.29) is 12.2 Å². The molecule has 2 aliphatic heterocycles. The van der Waals surface area contributed by atoms with Crippen molar-refractivity contribution in [2.24, 2.45) is 0 Å². The molecule has 3 rings (SSSR count). The lowest BCUT2D eigenvalue weighted by Crippen LogP contribution is -2.46. The van der Waals surface area contributed by atoms with Gasteiger partial charge in [0, 0.05) is 38.0 Å². The number of aliphatic hydroxyl groups is 1. The number of nitrogens with zero attached hydrogens (tertiary/aromatic N) is 2. The first-order valence-electron chi connectivity index (χ1n) is 9.50. The maximum Gasteiger partial charge on any atom is 0.0726 e. The van der Waals surface area contributed by atoms with Crippen molar-refractivity contribution in [2.75, 3.05) is 31.1 Å². The number of hydrogen-bond donors (Lipinski definition) is 1. The van der Waals surface area contributed by atoms with Gasteiger partial charge in [-0.25, -0.2) is 0 Å². The zero-order valence-corrected chi connectivity index (χ0v) is 15.2. The quantitative estimate of drug-likeness (QED) is 0.869. The van der Waals surface area contributed by atoms with Crippen LogP contribution in [0.1, 0.15) is 45.1 Å². The Hall–Kier alpha value is -1.10. The third-order valence-electron chi connectivity index (χ3n) is 5.32. The van der Waals surface area contributed by atoms with E-state index in [9.17, 15) is 0 Å². The van der Waals surface area contributed by atoms with Crippen molar-refractivity contribution in [3.05, 3.63) is 29.8 Å². The summed E-state index contributed by atoms with van der Waals surface area (Å²) in [5.74, 6) is 0. The number of anilines is 1. The molecule has 3 unspecified atom stereocenters. The molecule has 2 heterocycles. The van der Waals surface area contributed by atoms with Crippen molar-refractivity contribution >= 4 is 5.69 Å². The highest BCUT2D eigenvalue weighted by Gasteiger charge is 2.27. The second-order valence-electron chi connectivity index (χ2n) is 7.42. The zero-order chi connectivity index (χ0) is 16.9. The number of rotatable bonds is 6. The van der Waals surface area contributed by atoms with E-state index in [0.29, 0.717) is 12.6 Å². The predicted octanol–water partition coefficient (Wildman–Crippen LogP) is 3.04. The van der Waals surface area contributed by atoms with Crippen LogP contribution < -0.4 is 4.90 Å². The molecular formula is C20H32N2O2. The Kier molecular flexibility index (Phi) is 6.14. The van der Waals surface area contributed by atoms with E-state index in [1.54, 1.807) is 0 Å². The fourth-order valence-electron chi connectivity index (χ4n) is 4.30. The van der Waals surface area contributed by atoms with Gasteiger partial charge in [-0.3, -0.25) is 4.90 Å². The Labute approximate surface area is 146 Å². The number of para-hydroxylation sites is 1. The van der Waals surface area contributed by atoms with Crippen LogP contribution >= 0.6 is 0 Å². The maximum atomic E-state index is 9.13. The maximum absolute atomic E-state index is 9.13. The molecule has 2 saturated heterocycles. The Bertz CT molecular complexity index is 512. The van der Waals surface area contributed by atoms with Crippen molar-refractivity contribution in [3.63, 3.8) is 0 Å². The molecule has 0 spiro atoms. The van der Waals surface area contributed by atoms with Crippen molar-refractivity contribution in [1.29, 1.82) is 0 Å². The zero-order valence-electron chi connectivity index (χ0n) is 15.2. The molecule has 2 fully saturated rings. The van der Waals surface area contributed by atoms with Gasteiger partial charge in [-0.15, -0.1) is 0 Å². The van der Waals surface area contributed by atoms with Gasteiger partial charge in [-0.2, -0.15) is 0 Å². The summed E-state index contributed by atoms with van der Waals surface area (Å²) in [6.45, 7) is 8.77. The summed E-state index contributed by atoms with van der Waals surface area (Å²) in [4.78, 5) is 5.11. The van der Waals surface area contributed by atoms with Crippen LogP contribution in [0.25, 0.3) is 0 Å². The van der Waals surface area contributed by atoms with Crippen LogP contribution in [0.5, 0.6) is 0 Å². The first-order chi connectivity index (χ1) is 11.7. The molecule has 2 aliphatic rings. The monoisotopic (exact) mass is 332 g/mol. The molecule has 0 bridgehead atoms. The molecule has 0 aromatic heterocycles. The largest absolute Gasteiger partial charge is 0.396 e. The lowest BCUT2D eigenvalue weighted by atomic mass is 10.1. The fraction of sp³-hybridized carbons (Fsp3) is 0.700. The van der Waals surface area contributed by atoms with Crippen LogP contribution in [0, 0.1) is 0 Å². The van der Waals surface area contributed by atoms with Crippen LogP contribution in [0.4, 0.5) is 5.69 Å². The SMILES string of the molecule is CC1CN(c2ccccc2CN2CCCC2CCCO)CC(C)O1. The highest BCUT2D eigenvalue weighted by molar-refractivity contribution is 5.54. The van der Waals surface area contributed by atoms with Gasteiger partial charge < -0.3 is 14.7 Å². The average molecular weight is 332 g/mol. The van der Waals surface area contributed by atoms with E-state index in [2.05, 4.69) is 47.9 Å². The van der Waals surface area contributed by atoms with Crippen LogP contribution in [-0.2, 0) is 11.3 Å². The highest BCUT2D eigenvalue weighted by atomic mass is 16.5. The van der Waals surface area contributed by atoms with E-state index in [1.807, 2.05) is 0 Å². The molecule has 0 aliphatic carbocycles. The second kappa shape index (κ2) is 8.32. The summed E-state index contributed by atoms with van der Waals surface area (Å²) < 4.78 is 5.90. The van der Waals surface area contributed by atoms with Crippen molar-refractivity contribution < 1.29 is 9.84 Å². The molecule has 4 heteroatoms. The Morgan fingerprint density at radius 3 is 2.67 bits per heavy atom. The number of aliphatic hydroxyl groups excluding tert-OH is 1. The molecule has 3 atom stereocenters. The predicted molar refractivity (Wildman–Crippen MR) is 98.4 cm³/mol. The van der Waals surface area contributed by atoms with Gasteiger partial charge in [-0.1, -0.05) is 18.2 Å². The minimum atomic E-state index is 0.283. The molecule has 24 heavy (non-hydrogen) atoms. The average Bonchev–Trinajstić information content (AvgIpc) is 2.99. The Morgan fingerprint density at radius 2 is 1.92 bits per heavy atom. The summed E-state index contributed by atoms with van der Waals surface area (Å²) in [7, 11) is 0. The van der Waals surface area contributed by atoms with Crippen LogP contribution in [0.3, 0.4) is 0 Å². The molecule has 0 radical (unpaired) electrons. The molecule has 134 valence electrons. The number of benzene rings is 1. The number of hydrogen-bond acceptors (Lipinski definition) is 4. The fourth-order valence-corrected chi connectivity index (χ4v) is 4.30. The topological polar surface area (TPSA) is 35.9 Å². The lowest BCUT2D eigenvalue weighted by Gasteiger charge is -2.38. The highest BCUT2D eigenvalue weighted by Crippen LogP contribution is 2.29. The molecule has 0 amide bonds. The van der Waals surface area contributed by atoms with Crippen molar-refractivity contribution in [2.45, 2.75) is 64.3 Å². The van der Waals surface area contributed by atoms with E-state index < -0.39 is 0 Å². The van der Waals surface area contributed by atoms with Crippen molar-refractivity contribution in [3.8, 4) is 0 Å². The molecule has 1 N–H and O–H groups in total. The first-order valence-corrected chi connectivity index (χ1v) is 9.50. The second-order valence-corrected chi connectivity index (χ2v) is 7.42. The third kappa shape index (κ3) is 4.29. The summed E-state index contributed by atoms with van der Waals surface area (Å²) in [6, 6.07) is 9.48. The Balaban J connectivity index is 1.72. The van der Waals surface area contributed by atoms with Gasteiger partial charge in [-0.05, 0) is 57.7 Å². The van der Waals surface area contributed by atoms with Crippen LogP contribution in [0.2, 0.25) is 0 Å². The standard InChI is InChI=1S/C20H32N2O2/c1-16-13-22(14-17(2)24-16)20-10-4-3-7-18(20)15-21-11-5-8-19(21)9-6-12-23/h3-4,7,10,16-17,19,23H,5-6,8-9,11-15H2,1-2H3. The van der Waals surface area contributed by atoms with E-state index >= 15 is 0 Å². The molecular weight excluding hydrogens is 300 g/mol. The van der Waals surface area contributed by atoms with Gasteiger partial charge >= 0.3 is 0 Å². The van der Waals surface area contributed by atoms with Crippen molar-refractivity contribution in [1.82, 2.24) is 4.90 Å². The van der Waals surface area contributed by atoms with Gasteiger partial charge in [0.1, 0.15) is 0 Å². The number of ether oxygens (including phenoxy) is 1. The summed E-state index contributed by atoms with van der Waals surface area (Å²) in [5, 5.41) is 9.13. The molecule has 4 nitrogen and oxygen atoms in total. The van der Waals surface area contributed by atoms with Gasteiger partial charge in [0.2, 0.25) is 0 Å². The van der Waals surface area contributed by atoms with E-state index in [4.69, 9.17) is 9.84 Å². The molecule has 1 aromatic rings. The summed E-state index contributed by atoms with van der Waals surface area (Å²) in [5.41, 5.74) is 2.79. The number of likely N-dealkylation sites (tertiary alicyclic amines) is 1. The molecule has 0 saturated carbocycles. The van der Waals surface area contributed by atoms with Gasteiger partial charge in [0.25, 0.3) is 0 Å². The van der Waals surface area contributed by atoms with Gasteiger partial charge in [0.15, 0.2) is 0 Å². The van der Waals surface area contributed by atoms with Crippen LogP contribution in [-0.4, -0.2) is 54.5 Å². The van der Waals surface area contributed by atoms with Gasteiger partial charge in [0.05, 0.1) is 12.2 Å². The smallest absolute Gasteiger partial charge is 0.0726 e.